The van der Waals surface area contributed by atoms with Gasteiger partial charge in [0.05, 0.1) is 13.0 Å². The summed E-state index contributed by atoms with van der Waals surface area (Å²) in [4.78, 5) is 23.8. The molecule has 6 heteroatoms. The summed E-state index contributed by atoms with van der Waals surface area (Å²) in [6, 6.07) is 13.2. The second-order valence-corrected chi connectivity index (χ2v) is 6.51. The lowest BCUT2D eigenvalue weighted by Crippen LogP contribution is -2.34. The van der Waals surface area contributed by atoms with E-state index in [0.717, 1.165) is 11.1 Å². The molecule has 2 rings (SSSR count). The second-order valence-electron chi connectivity index (χ2n) is 6.51. The zero-order valence-electron chi connectivity index (χ0n) is 15.4. The van der Waals surface area contributed by atoms with Crippen molar-refractivity contribution in [2.75, 3.05) is 13.7 Å². The molecule has 27 heavy (non-hydrogen) atoms. The summed E-state index contributed by atoms with van der Waals surface area (Å²) in [5.74, 6) is -1.77. The highest BCUT2D eigenvalue weighted by atomic mass is 19.1. The molecular weight excluding hydrogens is 349 g/mol. The summed E-state index contributed by atoms with van der Waals surface area (Å²) in [6.07, 6.45) is 0.458. The summed E-state index contributed by atoms with van der Waals surface area (Å²) in [7, 11) is 1.53. The van der Waals surface area contributed by atoms with E-state index in [4.69, 9.17) is 4.74 Å². The molecule has 0 aliphatic rings. The van der Waals surface area contributed by atoms with Crippen LogP contribution in [0.15, 0.2) is 48.5 Å². The number of para-hydroxylation sites is 1. The van der Waals surface area contributed by atoms with E-state index < -0.39 is 11.9 Å². The van der Waals surface area contributed by atoms with Gasteiger partial charge in [0.15, 0.2) is 0 Å². The molecule has 0 spiro atoms. The molecule has 2 aromatic carbocycles. The predicted octanol–water partition coefficient (Wildman–Crippen LogP) is 3.39. The highest BCUT2D eigenvalue weighted by Crippen LogP contribution is 2.22. The topological polar surface area (TPSA) is 75.6 Å². The molecule has 0 aliphatic heterocycles. The van der Waals surface area contributed by atoms with Crippen LogP contribution < -0.4 is 10.1 Å². The van der Waals surface area contributed by atoms with Gasteiger partial charge in [0.2, 0.25) is 5.91 Å². The van der Waals surface area contributed by atoms with Gasteiger partial charge in [-0.15, -0.1) is 0 Å². The largest absolute Gasteiger partial charge is 0.496 e. The summed E-state index contributed by atoms with van der Waals surface area (Å²) in [6.45, 7) is 1.90. The number of carboxylic acids is 1. The van der Waals surface area contributed by atoms with Crippen molar-refractivity contribution < 1.29 is 23.8 Å². The lowest BCUT2D eigenvalue weighted by Gasteiger charge is -2.17. The van der Waals surface area contributed by atoms with Crippen molar-refractivity contribution >= 4 is 11.9 Å². The third kappa shape index (κ3) is 6.09. The molecule has 144 valence electrons. The molecule has 1 amide bonds. The molecule has 0 radical (unpaired) electrons. The lowest BCUT2D eigenvalue weighted by molar-refractivity contribution is -0.141. The number of ether oxygens (including phenoxy) is 1. The Hall–Kier alpha value is -2.89. The van der Waals surface area contributed by atoms with E-state index >= 15 is 0 Å². The minimum atomic E-state index is -0.979. The van der Waals surface area contributed by atoms with Crippen LogP contribution in [0.2, 0.25) is 0 Å². The summed E-state index contributed by atoms with van der Waals surface area (Å²) in [5.41, 5.74) is 1.64. The zero-order chi connectivity index (χ0) is 19.8. The van der Waals surface area contributed by atoms with E-state index in [1.165, 1.54) is 19.2 Å². The predicted molar refractivity (Wildman–Crippen MR) is 100 cm³/mol. The number of nitrogens with one attached hydrogen (secondary N) is 1. The van der Waals surface area contributed by atoms with Gasteiger partial charge in [-0.1, -0.05) is 37.3 Å². The third-order valence-electron chi connectivity index (χ3n) is 4.48. The Morgan fingerprint density at radius 2 is 1.81 bits per heavy atom. The van der Waals surface area contributed by atoms with Crippen LogP contribution in [0.25, 0.3) is 0 Å². The molecule has 0 aromatic heterocycles. The van der Waals surface area contributed by atoms with E-state index in [0.29, 0.717) is 5.75 Å². The molecule has 0 fully saturated rings. The summed E-state index contributed by atoms with van der Waals surface area (Å²) in [5, 5.41) is 12.2. The van der Waals surface area contributed by atoms with Crippen molar-refractivity contribution in [3.05, 3.63) is 65.5 Å². The van der Waals surface area contributed by atoms with Gasteiger partial charge < -0.3 is 15.2 Å². The quantitative estimate of drug-likeness (QED) is 0.706. The summed E-state index contributed by atoms with van der Waals surface area (Å²) < 4.78 is 18.2. The number of amides is 1. The van der Waals surface area contributed by atoms with Crippen molar-refractivity contribution in [2.24, 2.45) is 5.92 Å². The summed E-state index contributed by atoms with van der Waals surface area (Å²) >= 11 is 0. The van der Waals surface area contributed by atoms with Crippen LogP contribution in [0, 0.1) is 11.7 Å². The monoisotopic (exact) mass is 373 g/mol. The molecule has 2 atom stereocenters. The second kappa shape index (κ2) is 9.71. The Morgan fingerprint density at radius 1 is 1.15 bits per heavy atom. The van der Waals surface area contributed by atoms with Crippen molar-refractivity contribution in [3.8, 4) is 5.75 Å². The molecule has 0 saturated heterocycles. The Labute approximate surface area is 158 Å². The highest BCUT2D eigenvalue weighted by Gasteiger charge is 2.21. The Kier molecular flexibility index (Phi) is 7.34. The van der Waals surface area contributed by atoms with Gasteiger partial charge >= 0.3 is 5.97 Å². The molecule has 2 unspecified atom stereocenters. The van der Waals surface area contributed by atoms with Crippen molar-refractivity contribution in [3.63, 3.8) is 0 Å². The van der Waals surface area contributed by atoms with Crippen LogP contribution in [-0.4, -0.2) is 30.6 Å². The average molecular weight is 373 g/mol. The van der Waals surface area contributed by atoms with E-state index in [2.05, 4.69) is 5.32 Å². The smallest absolute Gasteiger partial charge is 0.308 e. The third-order valence-corrected chi connectivity index (χ3v) is 4.48. The Balaban J connectivity index is 1.92. The maximum Gasteiger partial charge on any atom is 0.308 e. The number of aliphatic carboxylic acids is 1. The minimum absolute atomic E-state index is 0.0301. The van der Waals surface area contributed by atoms with Crippen LogP contribution in [0.3, 0.4) is 0 Å². The number of hydrogen-bond acceptors (Lipinski definition) is 3. The van der Waals surface area contributed by atoms with E-state index in [1.54, 1.807) is 18.2 Å². The van der Waals surface area contributed by atoms with Crippen LogP contribution in [0.1, 0.15) is 30.4 Å². The lowest BCUT2D eigenvalue weighted by atomic mass is 9.96. The molecular formula is C21H24FNO4. The van der Waals surface area contributed by atoms with E-state index in [9.17, 15) is 19.1 Å². The maximum absolute atomic E-state index is 13.0. The Bertz CT molecular complexity index is 776. The first kappa shape index (κ1) is 20.4. The number of rotatable bonds is 9. The molecule has 0 bridgehead atoms. The van der Waals surface area contributed by atoms with Gasteiger partial charge in [-0.25, -0.2) is 4.39 Å². The number of carbonyl (C=O) groups excluding carboxylic acids is 1. The fraction of sp³-hybridized carbons (Fsp3) is 0.333. The van der Waals surface area contributed by atoms with Gasteiger partial charge in [-0.2, -0.15) is 0 Å². The Morgan fingerprint density at radius 3 is 2.44 bits per heavy atom. The molecule has 5 nitrogen and oxygen atoms in total. The van der Waals surface area contributed by atoms with Gasteiger partial charge in [-0.05, 0) is 41.7 Å². The fourth-order valence-corrected chi connectivity index (χ4v) is 2.88. The molecule has 2 N–H and O–H groups in total. The molecule has 0 heterocycles. The molecule has 0 saturated carbocycles. The van der Waals surface area contributed by atoms with Crippen LogP contribution in [-0.2, 0) is 16.0 Å². The van der Waals surface area contributed by atoms with Gasteiger partial charge in [0, 0.05) is 13.0 Å². The van der Waals surface area contributed by atoms with Gasteiger partial charge in [0.25, 0.3) is 0 Å². The van der Waals surface area contributed by atoms with Crippen molar-refractivity contribution in [1.82, 2.24) is 5.32 Å². The molecule has 0 aliphatic carbocycles. The minimum Gasteiger partial charge on any atom is -0.496 e. The average Bonchev–Trinajstić information content (AvgIpc) is 2.65. The van der Waals surface area contributed by atoms with Crippen LogP contribution in [0.5, 0.6) is 5.75 Å². The van der Waals surface area contributed by atoms with Crippen LogP contribution in [0.4, 0.5) is 4.39 Å². The van der Waals surface area contributed by atoms with E-state index in [-0.39, 0.29) is 37.0 Å². The number of carbonyl (C=O) groups is 2. The molecule has 2 aromatic rings. The zero-order valence-corrected chi connectivity index (χ0v) is 15.4. The number of carboxylic acid groups (broad SMARTS) is 1. The number of benzene rings is 2. The first-order valence-electron chi connectivity index (χ1n) is 8.77. The van der Waals surface area contributed by atoms with Crippen molar-refractivity contribution in [1.29, 1.82) is 0 Å². The fourth-order valence-electron chi connectivity index (χ4n) is 2.88. The first-order chi connectivity index (χ1) is 12.9. The van der Waals surface area contributed by atoms with Crippen LogP contribution >= 0.6 is 0 Å². The SMILES string of the molecule is COc1ccccc1CC(CNC(=O)CC(C)c1ccc(F)cc1)C(=O)O. The first-order valence-corrected chi connectivity index (χ1v) is 8.77. The number of methoxy groups -OCH3 is 1. The maximum atomic E-state index is 13.0. The standard InChI is InChI=1S/C21H24FNO4/c1-14(15-7-9-18(22)10-8-15)11-20(24)23-13-17(21(25)26)12-16-5-3-4-6-19(16)27-2/h3-10,14,17H,11-13H2,1-2H3,(H,23,24)(H,25,26). The highest BCUT2D eigenvalue weighted by molar-refractivity contribution is 5.78. The number of hydrogen-bond donors (Lipinski definition) is 2. The number of halogens is 1. The van der Waals surface area contributed by atoms with Gasteiger partial charge in [0.1, 0.15) is 11.6 Å². The normalized spacial score (nSPS) is 12.9. The van der Waals surface area contributed by atoms with E-state index in [1.807, 2.05) is 25.1 Å². The van der Waals surface area contributed by atoms with Gasteiger partial charge in [-0.3, -0.25) is 9.59 Å². The van der Waals surface area contributed by atoms with Crippen molar-refractivity contribution in [2.45, 2.75) is 25.7 Å².